The number of Topliss-reactive ketones (excluding diaryl/α,β-unsaturated/α-hetero) is 1. The summed E-state index contributed by atoms with van der Waals surface area (Å²) in [5.74, 6) is -2.08. The molecule has 8 heteroatoms. The van der Waals surface area contributed by atoms with Gasteiger partial charge in [0, 0.05) is 37.7 Å². The van der Waals surface area contributed by atoms with Crippen molar-refractivity contribution in [1.29, 1.82) is 0 Å². The highest BCUT2D eigenvalue weighted by molar-refractivity contribution is 5.97. The molecule has 0 aromatic heterocycles. The first-order valence-corrected chi connectivity index (χ1v) is 9.91. The van der Waals surface area contributed by atoms with Crippen LogP contribution < -0.4 is 4.90 Å². The van der Waals surface area contributed by atoms with Gasteiger partial charge < -0.3 is 25.7 Å². The predicted molar refractivity (Wildman–Crippen MR) is 113 cm³/mol. The zero-order valence-electron chi connectivity index (χ0n) is 17.0. The van der Waals surface area contributed by atoms with E-state index >= 15 is 0 Å². The third kappa shape index (κ3) is 6.40. The second kappa shape index (κ2) is 12.1. The smallest absolute Gasteiger partial charge is 0.342 e. The lowest BCUT2D eigenvalue weighted by Crippen LogP contribution is -2.29. The van der Waals surface area contributed by atoms with Crippen LogP contribution in [0.25, 0.3) is 6.08 Å². The van der Waals surface area contributed by atoms with E-state index in [0.29, 0.717) is 18.4 Å². The highest BCUT2D eigenvalue weighted by Crippen LogP contribution is 2.32. The summed E-state index contributed by atoms with van der Waals surface area (Å²) < 4.78 is 18.9. The van der Waals surface area contributed by atoms with Crippen LogP contribution in [0.15, 0.2) is 30.1 Å². The summed E-state index contributed by atoms with van der Waals surface area (Å²) in [6.07, 6.45) is 9.51. The second-order valence-electron chi connectivity index (χ2n) is 7.17. The lowest BCUT2D eigenvalue weighted by atomic mass is 10.0. The third-order valence-electron chi connectivity index (χ3n) is 5.07. The summed E-state index contributed by atoms with van der Waals surface area (Å²) >= 11 is 0. The molecule has 0 bridgehead atoms. The fraction of sp³-hybridized carbons (Fsp3) is 0.455. The van der Waals surface area contributed by atoms with Crippen molar-refractivity contribution in [2.24, 2.45) is 0 Å². The Labute approximate surface area is 175 Å². The Morgan fingerprint density at radius 2 is 1.73 bits per heavy atom. The molecule has 30 heavy (non-hydrogen) atoms. The number of piperidine rings is 1. The molecule has 0 atom stereocenters. The highest BCUT2D eigenvalue weighted by atomic mass is 19.1. The van der Waals surface area contributed by atoms with Crippen LogP contribution in [-0.4, -0.2) is 47.5 Å². The van der Waals surface area contributed by atoms with Gasteiger partial charge in [-0.15, -0.1) is 0 Å². The number of hydrogen-bond donors (Lipinski definition) is 1. The molecule has 1 saturated heterocycles. The van der Waals surface area contributed by atoms with Crippen LogP contribution in [0.1, 0.15) is 60.9 Å². The molecule has 1 fully saturated rings. The maximum absolute atomic E-state index is 13.7. The van der Waals surface area contributed by atoms with Crippen LogP contribution in [-0.2, 0) is 9.53 Å². The van der Waals surface area contributed by atoms with Gasteiger partial charge >= 0.3 is 5.97 Å². The minimum atomic E-state index is -0.786. The number of halogens is 1. The van der Waals surface area contributed by atoms with Crippen molar-refractivity contribution >= 4 is 23.5 Å². The molecule has 0 unspecified atom stereocenters. The molecule has 5 N–H and O–H groups in total. The molecule has 2 aliphatic heterocycles. The van der Waals surface area contributed by atoms with Crippen molar-refractivity contribution in [3.63, 3.8) is 0 Å². The summed E-state index contributed by atoms with van der Waals surface area (Å²) in [5, 5.41) is 10.5. The molecular weight excluding hydrogens is 393 g/mol. The van der Waals surface area contributed by atoms with Gasteiger partial charge in [-0.2, -0.15) is 0 Å². The minimum absolute atomic E-state index is 0. The quantitative estimate of drug-likeness (QED) is 0.694. The van der Waals surface area contributed by atoms with Gasteiger partial charge in [-0.25, -0.2) is 9.18 Å². The molecule has 7 nitrogen and oxygen atoms in total. The van der Waals surface area contributed by atoms with Gasteiger partial charge in [0.25, 0.3) is 0 Å². The van der Waals surface area contributed by atoms with E-state index in [9.17, 15) is 19.1 Å². The van der Waals surface area contributed by atoms with Gasteiger partial charge in [-0.1, -0.05) is 12.2 Å². The number of carbonyl (C=O) groups excluding carboxylic acids is 2. The van der Waals surface area contributed by atoms with Crippen LogP contribution in [0, 0.1) is 0 Å². The first-order chi connectivity index (χ1) is 13.6. The predicted octanol–water partition coefficient (Wildman–Crippen LogP) is 2.90. The van der Waals surface area contributed by atoms with E-state index < -0.39 is 17.6 Å². The fourth-order valence-electron chi connectivity index (χ4n) is 3.56. The Bertz CT molecular complexity index is 799. The van der Waals surface area contributed by atoms with Gasteiger partial charge in [-0.05, 0) is 49.8 Å². The lowest BCUT2D eigenvalue weighted by molar-refractivity contribution is -0.117. The molecule has 0 spiro atoms. The topological polar surface area (TPSA) is 130 Å². The molecular formula is C22H30FNO6. The Morgan fingerprint density at radius 1 is 1.00 bits per heavy atom. The molecule has 1 aromatic carbocycles. The summed E-state index contributed by atoms with van der Waals surface area (Å²) in [5.41, 5.74) is 1.60. The second-order valence-corrected chi connectivity index (χ2v) is 7.17. The molecule has 0 saturated carbocycles. The normalized spacial score (nSPS) is 21.0. The maximum atomic E-state index is 13.7. The fourth-order valence-corrected chi connectivity index (χ4v) is 3.56. The first-order valence-electron chi connectivity index (χ1n) is 9.91. The largest absolute Gasteiger partial charge is 0.507 e. The van der Waals surface area contributed by atoms with Gasteiger partial charge in [0.2, 0.25) is 0 Å². The third-order valence-corrected chi connectivity index (χ3v) is 5.07. The summed E-state index contributed by atoms with van der Waals surface area (Å²) in [6.45, 7) is 1.79. The molecule has 0 radical (unpaired) electrons. The van der Waals surface area contributed by atoms with E-state index in [-0.39, 0.29) is 41.7 Å². The molecule has 2 heterocycles. The van der Waals surface area contributed by atoms with Gasteiger partial charge in [0.05, 0.1) is 6.61 Å². The van der Waals surface area contributed by atoms with Crippen molar-refractivity contribution in [2.75, 3.05) is 24.6 Å². The molecule has 2 aliphatic rings. The number of cyclic esters (lactones) is 1. The van der Waals surface area contributed by atoms with Crippen molar-refractivity contribution in [3.8, 4) is 5.75 Å². The maximum Gasteiger partial charge on any atom is 0.342 e. The Morgan fingerprint density at radius 3 is 2.47 bits per heavy atom. The number of fused-ring (bicyclic) bond motifs is 1. The number of phenolic OH excluding ortho intramolecular Hbond substituents is 1. The number of allylic oxidation sites excluding steroid dienone is 2. The Balaban J connectivity index is 0.00000225. The number of aromatic hydroxyl groups is 1. The number of benzene rings is 1. The molecule has 3 rings (SSSR count). The molecule has 166 valence electrons. The van der Waals surface area contributed by atoms with Crippen molar-refractivity contribution in [3.05, 3.63) is 41.2 Å². The number of nitrogens with zero attached hydrogens (tertiary/aromatic N) is 1. The number of carbonyl (C=O) groups is 2. The number of hydrogen-bond acceptors (Lipinski definition) is 5. The van der Waals surface area contributed by atoms with Gasteiger partial charge in [0.15, 0.2) is 11.6 Å². The number of phenols is 1. The first kappa shape index (κ1) is 25.3. The van der Waals surface area contributed by atoms with Crippen molar-refractivity contribution in [2.45, 2.75) is 44.9 Å². The number of ether oxygens (including phenoxy) is 1. The standard InChI is InChI=1S/C22H26FNO4.2H2O/c23-18-9-7-13-28-22(27)21-16(8-3-1-4-10-19(18)25)14-17(15-20(21)26)24-11-5-2-6-12-24;;/h3,8-9,14-15,26H,1-2,4-7,10-13H2;2*1H2/b8-3+,18-9+;;. The number of anilines is 1. The highest BCUT2D eigenvalue weighted by Gasteiger charge is 2.21. The monoisotopic (exact) mass is 423 g/mol. The average molecular weight is 423 g/mol. The number of rotatable bonds is 1. The molecule has 1 aromatic rings. The van der Waals surface area contributed by atoms with E-state index in [4.69, 9.17) is 4.74 Å². The zero-order chi connectivity index (χ0) is 19.9. The van der Waals surface area contributed by atoms with Gasteiger partial charge in [0.1, 0.15) is 11.3 Å². The van der Waals surface area contributed by atoms with E-state index in [2.05, 4.69) is 4.90 Å². The Kier molecular flexibility index (Phi) is 10.2. The van der Waals surface area contributed by atoms with Crippen LogP contribution in [0.2, 0.25) is 0 Å². The summed E-state index contributed by atoms with van der Waals surface area (Å²) in [7, 11) is 0. The summed E-state index contributed by atoms with van der Waals surface area (Å²) in [4.78, 5) is 26.4. The molecule has 0 amide bonds. The van der Waals surface area contributed by atoms with E-state index in [1.165, 1.54) is 6.42 Å². The lowest BCUT2D eigenvalue weighted by Gasteiger charge is -2.29. The van der Waals surface area contributed by atoms with E-state index in [0.717, 1.165) is 37.7 Å². The van der Waals surface area contributed by atoms with E-state index in [1.807, 2.05) is 12.1 Å². The SMILES string of the molecule is O.O.O=C1CCC/C=C/c2cc(N3CCCCC3)cc(O)c2C(=O)OCC/C=C\1F. The summed E-state index contributed by atoms with van der Waals surface area (Å²) in [6, 6.07) is 3.51. The average Bonchev–Trinajstić information content (AvgIpc) is 2.70. The number of esters is 1. The van der Waals surface area contributed by atoms with Crippen LogP contribution in [0.3, 0.4) is 0 Å². The van der Waals surface area contributed by atoms with Crippen molar-refractivity contribution in [1.82, 2.24) is 0 Å². The van der Waals surface area contributed by atoms with Crippen molar-refractivity contribution < 1.29 is 34.8 Å². The van der Waals surface area contributed by atoms with Crippen LogP contribution in [0.5, 0.6) is 5.75 Å². The van der Waals surface area contributed by atoms with E-state index in [1.54, 1.807) is 12.1 Å². The van der Waals surface area contributed by atoms with Gasteiger partial charge in [-0.3, -0.25) is 4.79 Å². The van der Waals surface area contributed by atoms with Crippen LogP contribution >= 0.6 is 0 Å². The number of ketones is 1. The molecule has 0 aliphatic carbocycles. The van der Waals surface area contributed by atoms with Crippen LogP contribution in [0.4, 0.5) is 10.1 Å². The minimum Gasteiger partial charge on any atom is -0.507 e. The zero-order valence-corrected chi connectivity index (χ0v) is 17.0. The Hall–Kier alpha value is -2.71.